The van der Waals surface area contributed by atoms with Gasteiger partial charge in [-0.05, 0) is 49.4 Å². The molecule has 0 spiro atoms. The second-order valence-electron chi connectivity index (χ2n) is 6.37. The molecule has 1 aliphatic heterocycles. The largest absolute Gasteiger partial charge is 0.466 e. The number of rotatable bonds is 4. The van der Waals surface area contributed by atoms with Gasteiger partial charge in [-0.25, -0.2) is 4.39 Å². The third-order valence-corrected chi connectivity index (χ3v) is 4.59. The fourth-order valence-corrected chi connectivity index (χ4v) is 3.20. The molecule has 6 nitrogen and oxygen atoms in total. The molecule has 3 N–H and O–H groups in total. The summed E-state index contributed by atoms with van der Waals surface area (Å²) in [4.78, 5) is 24.2. The van der Waals surface area contributed by atoms with E-state index in [1.165, 1.54) is 6.07 Å². The summed E-state index contributed by atoms with van der Waals surface area (Å²) in [6, 6.07) is 2.97. The number of carbonyl (C=O) groups excluding carboxylic acids is 2. The minimum Gasteiger partial charge on any atom is -0.466 e. The van der Waals surface area contributed by atoms with Gasteiger partial charge in [0.05, 0.1) is 19.1 Å². The highest BCUT2D eigenvalue weighted by molar-refractivity contribution is 5.98. The van der Waals surface area contributed by atoms with Gasteiger partial charge in [0, 0.05) is 12.3 Å². The van der Waals surface area contributed by atoms with Crippen LogP contribution in [0, 0.1) is 11.7 Å². The summed E-state index contributed by atoms with van der Waals surface area (Å²) >= 11 is 0. The van der Waals surface area contributed by atoms with E-state index >= 15 is 0 Å². The Balaban J connectivity index is 1.75. The maximum Gasteiger partial charge on any atom is 0.309 e. The molecule has 1 amide bonds. The Kier molecular flexibility index (Phi) is 4.56. The Bertz CT molecular complexity index is 671. The van der Waals surface area contributed by atoms with Gasteiger partial charge in [-0.1, -0.05) is 0 Å². The Hall–Kier alpha value is -1.99. The molecule has 1 heterocycles. The maximum absolute atomic E-state index is 14.3. The second kappa shape index (κ2) is 6.49. The van der Waals surface area contributed by atoms with Crippen LogP contribution < -0.4 is 11.1 Å². The van der Waals surface area contributed by atoms with Gasteiger partial charge in [0.1, 0.15) is 11.4 Å². The molecule has 1 aromatic carbocycles. The Labute approximate surface area is 139 Å². The first kappa shape index (κ1) is 16.9. The Morgan fingerprint density at radius 2 is 2.25 bits per heavy atom. The number of esters is 1. The highest BCUT2D eigenvalue weighted by Crippen LogP contribution is 2.32. The van der Waals surface area contributed by atoms with E-state index in [0.29, 0.717) is 43.7 Å². The fourth-order valence-electron chi connectivity index (χ4n) is 3.20. The molecule has 2 aliphatic rings. The van der Waals surface area contributed by atoms with Crippen molar-refractivity contribution in [2.75, 3.05) is 25.1 Å². The van der Waals surface area contributed by atoms with Crippen molar-refractivity contribution in [1.82, 2.24) is 0 Å². The summed E-state index contributed by atoms with van der Waals surface area (Å²) in [5.41, 5.74) is 6.50. The Morgan fingerprint density at radius 1 is 1.46 bits per heavy atom. The van der Waals surface area contributed by atoms with Gasteiger partial charge in [0.15, 0.2) is 0 Å². The average Bonchev–Trinajstić information content (AvgIpc) is 3.15. The molecule has 0 aromatic heterocycles. The highest BCUT2D eigenvalue weighted by Gasteiger charge is 2.38. The molecular weight excluding hydrogens is 315 g/mol. The van der Waals surface area contributed by atoms with Crippen molar-refractivity contribution in [3.8, 4) is 0 Å². The van der Waals surface area contributed by atoms with Gasteiger partial charge in [0.25, 0.3) is 0 Å². The summed E-state index contributed by atoms with van der Waals surface area (Å²) in [5.74, 6) is -1.50. The predicted octanol–water partition coefficient (Wildman–Crippen LogP) is 1.16. The van der Waals surface area contributed by atoms with E-state index in [9.17, 15) is 14.0 Å². The van der Waals surface area contributed by atoms with E-state index in [1.807, 2.05) is 0 Å². The predicted molar refractivity (Wildman–Crippen MR) is 84.9 cm³/mol. The van der Waals surface area contributed by atoms with Crippen LogP contribution in [0.1, 0.15) is 24.5 Å². The zero-order valence-electron chi connectivity index (χ0n) is 13.6. The van der Waals surface area contributed by atoms with Crippen molar-refractivity contribution >= 4 is 17.6 Å². The first-order valence-corrected chi connectivity index (χ1v) is 8.09. The number of nitrogens with two attached hydrogens (primary N) is 1. The molecule has 1 fully saturated rings. The molecule has 0 saturated carbocycles. The minimum absolute atomic E-state index is 0.150. The first-order chi connectivity index (χ1) is 11.4. The van der Waals surface area contributed by atoms with Gasteiger partial charge in [0.2, 0.25) is 5.91 Å². The molecule has 1 unspecified atom stereocenters. The molecule has 1 saturated heterocycles. The summed E-state index contributed by atoms with van der Waals surface area (Å²) in [6.07, 6.45) is 1.16. The summed E-state index contributed by atoms with van der Waals surface area (Å²) in [7, 11) is 0. The van der Waals surface area contributed by atoms with Gasteiger partial charge < -0.3 is 20.5 Å². The number of halogens is 1. The summed E-state index contributed by atoms with van der Waals surface area (Å²) < 4.78 is 24.5. The molecule has 130 valence electrons. The number of hydrogen-bond donors (Lipinski definition) is 2. The van der Waals surface area contributed by atoms with Crippen LogP contribution in [0.3, 0.4) is 0 Å². The monoisotopic (exact) mass is 336 g/mol. The topological polar surface area (TPSA) is 90.7 Å². The Morgan fingerprint density at radius 3 is 2.92 bits per heavy atom. The van der Waals surface area contributed by atoms with Gasteiger partial charge in [-0.3, -0.25) is 9.59 Å². The van der Waals surface area contributed by atoms with Crippen molar-refractivity contribution in [3.63, 3.8) is 0 Å². The lowest BCUT2D eigenvalue weighted by molar-refractivity contribution is -0.147. The maximum atomic E-state index is 14.3. The number of ether oxygens (including phenoxy) is 2. The molecule has 7 heteroatoms. The smallest absolute Gasteiger partial charge is 0.309 e. The molecule has 0 radical (unpaired) electrons. The van der Waals surface area contributed by atoms with E-state index in [2.05, 4.69) is 5.32 Å². The molecule has 2 atom stereocenters. The quantitative estimate of drug-likeness (QED) is 0.805. The van der Waals surface area contributed by atoms with Crippen LogP contribution >= 0.6 is 0 Å². The van der Waals surface area contributed by atoms with E-state index in [1.54, 1.807) is 13.0 Å². The van der Waals surface area contributed by atoms with Gasteiger partial charge in [-0.15, -0.1) is 0 Å². The lowest BCUT2D eigenvalue weighted by Crippen LogP contribution is -2.51. The highest BCUT2D eigenvalue weighted by atomic mass is 19.1. The van der Waals surface area contributed by atoms with Crippen LogP contribution in [0.2, 0.25) is 0 Å². The lowest BCUT2D eigenvalue weighted by atomic mass is 9.99. The normalized spacial score (nSPS) is 25.4. The van der Waals surface area contributed by atoms with Crippen LogP contribution in [0.15, 0.2) is 12.1 Å². The zero-order chi connectivity index (χ0) is 17.3. The molecule has 3 rings (SSSR count). The van der Waals surface area contributed by atoms with E-state index in [0.717, 1.165) is 5.56 Å². The fraction of sp³-hybridized carbons (Fsp3) is 0.529. The van der Waals surface area contributed by atoms with Crippen LogP contribution in [0.25, 0.3) is 0 Å². The van der Waals surface area contributed by atoms with Crippen LogP contribution in [-0.2, 0) is 31.9 Å². The lowest BCUT2D eigenvalue weighted by Gasteiger charge is -2.21. The van der Waals surface area contributed by atoms with Crippen molar-refractivity contribution in [3.05, 3.63) is 29.1 Å². The van der Waals surface area contributed by atoms with E-state index in [4.69, 9.17) is 15.2 Å². The van der Waals surface area contributed by atoms with Gasteiger partial charge in [-0.2, -0.15) is 0 Å². The molecular formula is C17H21FN2O4. The van der Waals surface area contributed by atoms with Crippen molar-refractivity contribution in [1.29, 1.82) is 0 Å². The molecule has 1 aromatic rings. The summed E-state index contributed by atoms with van der Waals surface area (Å²) in [6.45, 7) is 2.63. The van der Waals surface area contributed by atoms with Crippen molar-refractivity contribution in [2.24, 2.45) is 11.7 Å². The van der Waals surface area contributed by atoms with Crippen molar-refractivity contribution < 1.29 is 23.5 Å². The number of benzene rings is 1. The molecule has 24 heavy (non-hydrogen) atoms. The zero-order valence-corrected chi connectivity index (χ0v) is 13.6. The van der Waals surface area contributed by atoms with Crippen molar-refractivity contribution in [2.45, 2.75) is 31.7 Å². The number of carbonyl (C=O) groups is 2. The van der Waals surface area contributed by atoms with Crippen LogP contribution in [-0.4, -0.2) is 37.2 Å². The third kappa shape index (κ3) is 3.14. The SMILES string of the molecule is CCOC(=O)C1Cc2cc(NC(=O)[C@@]3(N)CCOC3)cc(F)c2C1. The number of hydrogen-bond acceptors (Lipinski definition) is 5. The average molecular weight is 336 g/mol. The standard InChI is InChI=1S/C17H21FN2O4/c1-2-24-15(21)11-5-10-6-12(8-14(18)13(10)7-11)20-16(22)17(19)3-4-23-9-17/h6,8,11H,2-5,7,9,19H2,1H3,(H,20,22)/t11?,17-/m1/s1. The number of fused-ring (bicyclic) bond motifs is 1. The number of nitrogens with one attached hydrogen (secondary N) is 1. The van der Waals surface area contributed by atoms with Crippen LogP contribution in [0.5, 0.6) is 0 Å². The number of anilines is 1. The third-order valence-electron chi connectivity index (χ3n) is 4.59. The van der Waals surface area contributed by atoms with Gasteiger partial charge >= 0.3 is 5.97 Å². The van der Waals surface area contributed by atoms with Crippen LogP contribution in [0.4, 0.5) is 10.1 Å². The molecule has 1 aliphatic carbocycles. The molecule has 0 bridgehead atoms. The summed E-state index contributed by atoms with van der Waals surface area (Å²) in [5, 5.41) is 2.66. The minimum atomic E-state index is -1.08. The van der Waals surface area contributed by atoms with E-state index < -0.39 is 11.4 Å². The number of amides is 1. The first-order valence-electron chi connectivity index (χ1n) is 8.09. The second-order valence-corrected chi connectivity index (χ2v) is 6.37. The van der Waals surface area contributed by atoms with E-state index in [-0.39, 0.29) is 24.4 Å².